The number of rotatable bonds is 9. The highest BCUT2D eigenvalue weighted by Gasteiger charge is 2.30. The highest BCUT2D eigenvalue weighted by atomic mass is 35.5. The first-order valence-corrected chi connectivity index (χ1v) is 12.2. The van der Waals surface area contributed by atoms with Crippen molar-refractivity contribution in [1.29, 1.82) is 0 Å². The first-order valence-electron chi connectivity index (χ1n) is 10.9. The molecule has 176 valence electrons. The zero-order chi connectivity index (χ0) is 23.8. The van der Waals surface area contributed by atoms with Crippen molar-refractivity contribution in [2.45, 2.75) is 38.8 Å². The number of nitrogens with zero attached hydrogens (tertiary/aromatic N) is 2. The highest BCUT2D eigenvalue weighted by Crippen LogP contribution is 2.31. The third-order valence-electron chi connectivity index (χ3n) is 5.64. The van der Waals surface area contributed by atoms with Gasteiger partial charge in [0.2, 0.25) is 0 Å². The lowest BCUT2D eigenvalue weighted by Crippen LogP contribution is -2.44. The van der Waals surface area contributed by atoms with E-state index >= 15 is 0 Å². The van der Waals surface area contributed by atoms with Gasteiger partial charge in [-0.25, -0.2) is 9.37 Å². The van der Waals surface area contributed by atoms with Crippen LogP contribution in [0.15, 0.2) is 71.0 Å². The lowest BCUT2D eigenvalue weighted by molar-refractivity contribution is -0.117. The Morgan fingerprint density at radius 1 is 1.39 bits per heavy atom. The Bertz CT molecular complexity index is 1010. The SMILES string of the molecule is C=C/C(F)=C(C(=O)NCC(c1scnc1C)N1CCC(Oc2ccccc2)CC1)\C(Cl)=C/C. The summed E-state index contributed by atoms with van der Waals surface area (Å²) in [5.41, 5.74) is 2.54. The average Bonchev–Trinajstić information content (AvgIpc) is 3.26. The Balaban J connectivity index is 1.70. The fourth-order valence-corrected chi connectivity index (χ4v) is 4.98. The topological polar surface area (TPSA) is 54.5 Å². The number of hydrogen-bond acceptors (Lipinski definition) is 5. The van der Waals surface area contributed by atoms with Gasteiger partial charge in [0.1, 0.15) is 17.7 Å². The Morgan fingerprint density at radius 2 is 2.09 bits per heavy atom. The summed E-state index contributed by atoms with van der Waals surface area (Å²) in [5, 5.41) is 2.92. The van der Waals surface area contributed by atoms with E-state index in [0.717, 1.165) is 48.3 Å². The molecule has 1 amide bonds. The highest BCUT2D eigenvalue weighted by molar-refractivity contribution is 7.09. The summed E-state index contributed by atoms with van der Waals surface area (Å²) in [6.45, 7) is 8.97. The Hall–Kier alpha value is -2.48. The van der Waals surface area contributed by atoms with E-state index in [2.05, 4.69) is 21.8 Å². The van der Waals surface area contributed by atoms with Crippen LogP contribution in [0, 0.1) is 6.92 Å². The number of halogens is 2. The number of aromatic nitrogens is 1. The molecule has 1 aromatic heterocycles. The second kappa shape index (κ2) is 12.1. The van der Waals surface area contributed by atoms with Crippen molar-refractivity contribution in [3.05, 3.63) is 81.6 Å². The summed E-state index contributed by atoms with van der Waals surface area (Å²) >= 11 is 7.65. The van der Waals surface area contributed by atoms with Crippen molar-refractivity contribution < 1.29 is 13.9 Å². The number of para-hydroxylation sites is 1. The molecule has 1 aromatic carbocycles. The van der Waals surface area contributed by atoms with Crippen molar-refractivity contribution in [3.8, 4) is 5.75 Å². The van der Waals surface area contributed by atoms with Gasteiger partial charge >= 0.3 is 0 Å². The van der Waals surface area contributed by atoms with Crippen molar-refractivity contribution in [2.24, 2.45) is 0 Å². The van der Waals surface area contributed by atoms with Gasteiger partial charge < -0.3 is 10.1 Å². The number of allylic oxidation sites excluding steroid dienone is 3. The number of carbonyl (C=O) groups excluding carboxylic acids is 1. The zero-order valence-electron chi connectivity index (χ0n) is 18.9. The molecular formula is C25H29ClFN3O2S. The van der Waals surface area contributed by atoms with Gasteiger partial charge in [-0.3, -0.25) is 9.69 Å². The normalized spacial score (nSPS) is 17.3. The zero-order valence-corrected chi connectivity index (χ0v) is 20.5. The van der Waals surface area contributed by atoms with Gasteiger partial charge in [-0.2, -0.15) is 0 Å². The Kier molecular flexibility index (Phi) is 9.23. The molecule has 1 aliphatic rings. The van der Waals surface area contributed by atoms with Gasteiger partial charge in [0.05, 0.1) is 27.9 Å². The summed E-state index contributed by atoms with van der Waals surface area (Å²) in [5.74, 6) is -0.438. The van der Waals surface area contributed by atoms with E-state index < -0.39 is 11.7 Å². The maximum Gasteiger partial charge on any atom is 0.255 e. The number of carbonyl (C=O) groups is 1. The fourth-order valence-electron chi connectivity index (χ4n) is 3.87. The van der Waals surface area contributed by atoms with E-state index in [1.165, 1.54) is 6.08 Å². The third kappa shape index (κ3) is 6.53. The summed E-state index contributed by atoms with van der Waals surface area (Å²) in [4.78, 5) is 20.6. The minimum atomic E-state index is -0.750. The summed E-state index contributed by atoms with van der Waals surface area (Å²) in [6.07, 6.45) is 4.37. The first kappa shape index (κ1) is 25.1. The van der Waals surface area contributed by atoms with E-state index in [1.54, 1.807) is 18.3 Å². The number of nitrogens with one attached hydrogen (secondary N) is 1. The smallest absolute Gasteiger partial charge is 0.255 e. The molecule has 2 aromatic rings. The number of aryl methyl sites for hydroxylation is 1. The maximum atomic E-state index is 14.3. The molecule has 33 heavy (non-hydrogen) atoms. The number of hydrogen-bond donors (Lipinski definition) is 1. The van der Waals surface area contributed by atoms with Crippen LogP contribution >= 0.6 is 22.9 Å². The van der Waals surface area contributed by atoms with Gasteiger partial charge in [-0.15, -0.1) is 11.3 Å². The van der Waals surface area contributed by atoms with Crippen LogP contribution in [0.25, 0.3) is 0 Å². The summed E-state index contributed by atoms with van der Waals surface area (Å²) in [7, 11) is 0. The minimum absolute atomic E-state index is 0.0503. The second-order valence-corrected chi connectivity index (χ2v) is 9.05. The molecule has 1 unspecified atom stereocenters. The van der Waals surface area contributed by atoms with E-state index in [-0.39, 0.29) is 22.8 Å². The van der Waals surface area contributed by atoms with Crippen molar-refractivity contribution in [2.75, 3.05) is 19.6 Å². The Morgan fingerprint density at radius 3 is 2.67 bits per heavy atom. The Labute approximate surface area is 203 Å². The predicted octanol–water partition coefficient (Wildman–Crippen LogP) is 5.70. The van der Waals surface area contributed by atoms with Crippen LogP contribution in [0.4, 0.5) is 4.39 Å². The molecule has 0 saturated carbocycles. The van der Waals surface area contributed by atoms with Crippen LogP contribution in [-0.4, -0.2) is 41.5 Å². The number of amides is 1. The number of piperidine rings is 1. The van der Waals surface area contributed by atoms with Crippen LogP contribution in [-0.2, 0) is 4.79 Å². The molecule has 5 nitrogen and oxygen atoms in total. The molecule has 0 radical (unpaired) electrons. The molecule has 1 fully saturated rings. The van der Waals surface area contributed by atoms with Gasteiger partial charge in [0.15, 0.2) is 0 Å². The minimum Gasteiger partial charge on any atom is -0.490 e. The van der Waals surface area contributed by atoms with Crippen LogP contribution in [0.2, 0.25) is 0 Å². The number of likely N-dealkylation sites (tertiary alicyclic amines) is 1. The van der Waals surface area contributed by atoms with Crippen LogP contribution in [0.5, 0.6) is 5.75 Å². The third-order valence-corrected chi connectivity index (χ3v) is 7.08. The van der Waals surface area contributed by atoms with Gasteiger partial charge in [0, 0.05) is 24.5 Å². The van der Waals surface area contributed by atoms with Crippen LogP contribution in [0.1, 0.15) is 36.4 Å². The van der Waals surface area contributed by atoms with Crippen molar-refractivity contribution in [1.82, 2.24) is 15.2 Å². The van der Waals surface area contributed by atoms with Crippen LogP contribution < -0.4 is 10.1 Å². The molecular weight excluding hydrogens is 461 g/mol. The van der Waals surface area contributed by atoms with E-state index in [9.17, 15) is 9.18 Å². The summed E-state index contributed by atoms with van der Waals surface area (Å²) < 4.78 is 20.4. The molecule has 1 N–H and O–H groups in total. The molecule has 1 atom stereocenters. The van der Waals surface area contributed by atoms with Gasteiger partial charge in [-0.1, -0.05) is 42.5 Å². The van der Waals surface area contributed by atoms with E-state index in [0.29, 0.717) is 6.54 Å². The molecule has 0 aliphatic carbocycles. The van der Waals surface area contributed by atoms with Crippen molar-refractivity contribution in [3.63, 3.8) is 0 Å². The maximum absolute atomic E-state index is 14.3. The largest absolute Gasteiger partial charge is 0.490 e. The first-order chi connectivity index (χ1) is 15.9. The number of ether oxygens (including phenoxy) is 1. The molecule has 2 heterocycles. The van der Waals surface area contributed by atoms with Gasteiger partial charge in [-0.05, 0) is 44.9 Å². The van der Waals surface area contributed by atoms with Crippen LogP contribution in [0.3, 0.4) is 0 Å². The standard InChI is InChI=1S/C25H29ClFN3O2S/c1-4-20(26)23(21(27)5-2)25(31)28-15-22(24-17(3)29-16-33-24)30-13-11-19(12-14-30)32-18-9-7-6-8-10-18/h4-10,16,19,22H,2,11-15H2,1,3H3,(H,28,31)/b20-4+,23-21-. The lowest BCUT2D eigenvalue weighted by atomic mass is 10.0. The quantitative estimate of drug-likeness (QED) is 0.362. The monoisotopic (exact) mass is 489 g/mol. The molecule has 1 saturated heterocycles. The predicted molar refractivity (Wildman–Crippen MR) is 132 cm³/mol. The van der Waals surface area contributed by atoms with E-state index in [4.69, 9.17) is 16.3 Å². The number of benzene rings is 1. The average molecular weight is 490 g/mol. The molecule has 1 aliphatic heterocycles. The van der Waals surface area contributed by atoms with Crippen molar-refractivity contribution >= 4 is 28.8 Å². The second-order valence-electron chi connectivity index (χ2n) is 7.76. The molecule has 0 bridgehead atoms. The molecule has 0 spiro atoms. The molecule has 8 heteroatoms. The molecule has 3 rings (SSSR count). The number of thiazole rings is 1. The fraction of sp³-hybridized carbons (Fsp3) is 0.360. The lowest BCUT2D eigenvalue weighted by Gasteiger charge is -2.37. The van der Waals surface area contributed by atoms with E-state index in [1.807, 2.05) is 42.8 Å². The summed E-state index contributed by atoms with van der Waals surface area (Å²) in [6, 6.07) is 9.76. The van der Waals surface area contributed by atoms with Gasteiger partial charge in [0.25, 0.3) is 5.91 Å².